The quantitative estimate of drug-likeness (QED) is 0.163. The summed E-state index contributed by atoms with van der Waals surface area (Å²) in [6.45, 7) is 0. The molecule has 1 nitrogen and oxygen atoms in total. The van der Waals surface area contributed by atoms with Crippen LogP contribution in [0.25, 0.3) is 98.8 Å². The number of rotatable bonds is 2. The fraction of sp³-hybridized carbons (Fsp3) is 0.0182. The third-order valence-electron chi connectivity index (χ3n) is 12.8. The lowest BCUT2D eigenvalue weighted by Crippen LogP contribution is -2.25. The average molecular weight is 709 g/mol. The van der Waals surface area contributed by atoms with Gasteiger partial charge in [-0.3, -0.25) is 0 Å². The third kappa shape index (κ3) is 3.79. The molecule has 2 aliphatic rings. The van der Waals surface area contributed by atoms with Crippen LogP contribution in [0, 0.1) is 0 Å². The van der Waals surface area contributed by atoms with Crippen LogP contribution >= 0.6 is 0 Å². The van der Waals surface area contributed by atoms with Gasteiger partial charge in [0.2, 0.25) is 0 Å². The molecule has 0 amide bonds. The average Bonchev–Trinajstić information content (AvgIpc) is 3.87. The van der Waals surface area contributed by atoms with Gasteiger partial charge in [-0.1, -0.05) is 164 Å². The Balaban J connectivity index is 1.07. The summed E-state index contributed by atoms with van der Waals surface area (Å²) in [6.07, 6.45) is 0. The summed E-state index contributed by atoms with van der Waals surface area (Å²) in [6, 6.07) is 71.9. The fourth-order valence-corrected chi connectivity index (χ4v) is 10.6. The maximum atomic E-state index is 6.83. The van der Waals surface area contributed by atoms with Crippen LogP contribution in [0.15, 0.2) is 199 Å². The predicted molar refractivity (Wildman–Crippen MR) is 233 cm³/mol. The normalized spacial score (nSPS) is 13.5. The summed E-state index contributed by atoms with van der Waals surface area (Å²) in [7, 11) is 0. The molecule has 0 aliphatic heterocycles. The van der Waals surface area contributed by atoms with E-state index in [0.29, 0.717) is 0 Å². The molecule has 1 heterocycles. The van der Waals surface area contributed by atoms with Crippen molar-refractivity contribution in [3.8, 4) is 44.5 Å². The van der Waals surface area contributed by atoms with Crippen molar-refractivity contribution in [2.75, 3.05) is 0 Å². The molecule has 0 unspecified atom stereocenters. The number of benzene rings is 10. The van der Waals surface area contributed by atoms with E-state index in [4.69, 9.17) is 4.42 Å². The maximum Gasteiger partial charge on any atom is 0.135 e. The smallest absolute Gasteiger partial charge is 0.135 e. The van der Waals surface area contributed by atoms with Crippen LogP contribution in [0.3, 0.4) is 0 Å². The lowest BCUT2D eigenvalue weighted by atomic mass is 9.70. The second-order valence-electron chi connectivity index (χ2n) is 15.5. The molecular formula is C55H32O. The zero-order valence-corrected chi connectivity index (χ0v) is 30.4. The monoisotopic (exact) mass is 708 g/mol. The highest BCUT2D eigenvalue weighted by Gasteiger charge is 2.51. The van der Waals surface area contributed by atoms with Gasteiger partial charge in [-0.15, -0.1) is 0 Å². The van der Waals surface area contributed by atoms with E-state index >= 15 is 0 Å². The summed E-state index contributed by atoms with van der Waals surface area (Å²) in [5.74, 6) is 0. The zero-order chi connectivity index (χ0) is 36.5. The second-order valence-corrected chi connectivity index (χ2v) is 15.5. The van der Waals surface area contributed by atoms with Crippen LogP contribution in [0.5, 0.6) is 0 Å². The van der Waals surface area contributed by atoms with Gasteiger partial charge in [0.15, 0.2) is 0 Å². The van der Waals surface area contributed by atoms with Crippen molar-refractivity contribution in [1.82, 2.24) is 0 Å². The third-order valence-corrected chi connectivity index (χ3v) is 12.8. The first kappa shape index (κ1) is 30.1. The molecule has 0 fully saturated rings. The summed E-state index contributed by atoms with van der Waals surface area (Å²) >= 11 is 0. The number of fused-ring (bicyclic) bond motifs is 16. The molecule has 11 aromatic rings. The Morgan fingerprint density at radius 1 is 0.286 bits per heavy atom. The molecule has 0 bridgehead atoms. The highest BCUT2D eigenvalue weighted by Crippen LogP contribution is 2.63. The summed E-state index contributed by atoms with van der Waals surface area (Å²) in [5.41, 5.74) is 16.9. The van der Waals surface area contributed by atoms with Crippen molar-refractivity contribution in [2.24, 2.45) is 0 Å². The molecule has 0 saturated heterocycles. The largest absolute Gasteiger partial charge is 0.456 e. The standard InChI is InChI=1S/C55H32O/c1-2-14-34-29-35(26-25-33(34)13-1)53-40-18-3-5-20-42(40)54(43-21-6-4-19-41(43)53)36-27-28-51-45(30-36)46-31-44-39-17-9-12-24-49(39)55(50(44)32-52(46)56-51)47-22-10-7-15-37(47)38-16-8-11-23-48(38)55/h1-32H. The minimum Gasteiger partial charge on any atom is -0.456 e. The van der Waals surface area contributed by atoms with E-state index in [-0.39, 0.29) is 0 Å². The topological polar surface area (TPSA) is 13.1 Å². The lowest BCUT2D eigenvalue weighted by molar-refractivity contribution is 0.666. The van der Waals surface area contributed by atoms with Crippen molar-refractivity contribution in [1.29, 1.82) is 0 Å². The van der Waals surface area contributed by atoms with Crippen molar-refractivity contribution in [3.05, 3.63) is 216 Å². The van der Waals surface area contributed by atoms with Crippen LogP contribution < -0.4 is 0 Å². The van der Waals surface area contributed by atoms with Crippen LogP contribution in [0.1, 0.15) is 22.3 Å². The van der Waals surface area contributed by atoms with E-state index < -0.39 is 5.41 Å². The SMILES string of the molecule is c1ccc2c(c1)-c1ccccc1C21c2ccccc2-c2cc3c(cc21)oc1ccc(-c2c4ccccc4c(-c4ccc5ccccc5c4)c4ccccc24)cc13. The molecule has 0 atom stereocenters. The molecule has 1 spiro atoms. The lowest BCUT2D eigenvalue weighted by Gasteiger charge is -2.30. The van der Waals surface area contributed by atoms with E-state index in [2.05, 4.69) is 194 Å². The van der Waals surface area contributed by atoms with Gasteiger partial charge in [0.1, 0.15) is 11.2 Å². The zero-order valence-electron chi connectivity index (χ0n) is 30.4. The van der Waals surface area contributed by atoms with Gasteiger partial charge < -0.3 is 4.42 Å². The van der Waals surface area contributed by atoms with Gasteiger partial charge in [-0.2, -0.15) is 0 Å². The van der Waals surface area contributed by atoms with Gasteiger partial charge >= 0.3 is 0 Å². The van der Waals surface area contributed by atoms with Crippen molar-refractivity contribution in [3.63, 3.8) is 0 Å². The molecule has 2 aliphatic carbocycles. The van der Waals surface area contributed by atoms with Gasteiger partial charge in [0.25, 0.3) is 0 Å². The van der Waals surface area contributed by atoms with Crippen LogP contribution in [0.2, 0.25) is 0 Å². The Morgan fingerprint density at radius 2 is 0.750 bits per heavy atom. The molecule has 10 aromatic carbocycles. The number of hydrogen-bond acceptors (Lipinski definition) is 1. The Morgan fingerprint density at radius 3 is 1.36 bits per heavy atom. The van der Waals surface area contributed by atoms with Gasteiger partial charge in [-0.05, 0) is 129 Å². The molecule has 56 heavy (non-hydrogen) atoms. The molecule has 0 radical (unpaired) electrons. The summed E-state index contributed by atoms with van der Waals surface area (Å²) in [5, 5.41) is 9.79. The van der Waals surface area contributed by atoms with Gasteiger partial charge in [0, 0.05) is 10.8 Å². The maximum absolute atomic E-state index is 6.83. The highest BCUT2D eigenvalue weighted by atomic mass is 16.3. The summed E-state index contributed by atoms with van der Waals surface area (Å²) in [4.78, 5) is 0. The first-order chi connectivity index (χ1) is 27.8. The summed E-state index contributed by atoms with van der Waals surface area (Å²) < 4.78 is 6.83. The van der Waals surface area contributed by atoms with Gasteiger partial charge in [0.05, 0.1) is 5.41 Å². The molecule has 0 N–H and O–H groups in total. The van der Waals surface area contributed by atoms with Crippen molar-refractivity contribution >= 4 is 54.3 Å². The van der Waals surface area contributed by atoms with Crippen molar-refractivity contribution in [2.45, 2.75) is 5.41 Å². The van der Waals surface area contributed by atoms with Crippen LogP contribution in [0.4, 0.5) is 0 Å². The molecule has 13 rings (SSSR count). The molecule has 1 heteroatoms. The Kier molecular flexibility index (Phi) is 5.89. The van der Waals surface area contributed by atoms with E-state index in [1.165, 1.54) is 99.1 Å². The van der Waals surface area contributed by atoms with Crippen LogP contribution in [-0.4, -0.2) is 0 Å². The minimum atomic E-state index is -0.401. The Bertz CT molecular complexity index is 3390. The minimum absolute atomic E-state index is 0.401. The highest BCUT2D eigenvalue weighted by molar-refractivity contribution is 6.22. The predicted octanol–water partition coefficient (Wildman–Crippen LogP) is 14.7. The van der Waals surface area contributed by atoms with Gasteiger partial charge in [-0.25, -0.2) is 0 Å². The fourth-order valence-electron chi connectivity index (χ4n) is 10.6. The first-order valence-electron chi connectivity index (χ1n) is 19.5. The first-order valence-corrected chi connectivity index (χ1v) is 19.5. The van der Waals surface area contributed by atoms with Crippen LogP contribution in [-0.2, 0) is 5.41 Å². The number of furan rings is 1. The Hall–Kier alpha value is -7.22. The van der Waals surface area contributed by atoms with E-state index in [1.54, 1.807) is 0 Å². The second kappa shape index (κ2) is 10.9. The molecule has 1 aromatic heterocycles. The van der Waals surface area contributed by atoms with Crippen molar-refractivity contribution < 1.29 is 4.42 Å². The Labute approximate surface area is 323 Å². The van der Waals surface area contributed by atoms with E-state index in [0.717, 1.165) is 21.9 Å². The van der Waals surface area contributed by atoms with E-state index in [1.807, 2.05) is 0 Å². The molecule has 258 valence electrons. The molecular weight excluding hydrogens is 677 g/mol. The van der Waals surface area contributed by atoms with E-state index in [9.17, 15) is 0 Å². The number of hydrogen-bond donors (Lipinski definition) is 0. The molecule has 0 saturated carbocycles.